The van der Waals surface area contributed by atoms with E-state index in [-0.39, 0.29) is 12.0 Å². The highest BCUT2D eigenvalue weighted by atomic mass is 16.5. The summed E-state index contributed by atoms with van der Waals surface area (Å²) in [5.41, 5.74) is 3.01. The molecule has 28 heavy (non-hydrogen) atoms. The van der Waals surface area contributed by atoms with Crippen molar-refractivity contribution in [2.45, 2.75) is 38.2 Å². The van der Waals surface area contributed by atoms with Crippen molar-refractivity contribution in [1.29, 1.82) is 0 Å². The number of piperidine rings is 1. The van der Waals surface area contributed by atoms with Gasteiger partial charge in [0.1, 0.15) is 5.69 Å². The van der Waals surface area contributed by atoms with Gasteiger partial charge in [-0.2, -0.15) is 0 Å². The minimum absolute atomic E-state index is 0.115. The molecule has 0 radical (unpaired) electrons. The standard InChI is InChI=1S/C23H29N3O2/c27-23(25-17-21-7-4-14-28-21)22-16-20(8-11-24-22)26-12-9-19(10-13-26)15-18-5-2-1-3-6-18/h1-3,5-6,8,11,16,19,21H,4,7,9-10,12-15,17H2,(H,25,27). The Balaban J connectivity index is 1.30. The van der Waals surface area contributed by atoms with Gasteiger partial charge in [0.25, 0.3) is 5.91 Å². The number of nitrogens with zero attached hydrogens (tertiary/aromatic N) is 2. The van der Waals surface area contributed by atoms with Gasteiger partial charge in [-0.3, -0.25) is 9.78 Å². The van der Waals surface area contributed by atoms with E-state index >= 15 is 0 Å². The zero-order valence-electron chi connectivity index (χ0n) is 16.3. The molecule has 0 spiro atoms. The highest BCUT2D eigenvalue weighted by Gasteiger charge is 2.21. The zero-order valence-corrected chi connectivity index (χ0v) is 16.3. The number of benzene rings is 1. The third kappa shape index (κ3) is 4.90. The van der Waals surface area contributed by atoms with Crippen molar-refractivity contribution in [3.63, 3.8) is 0 Å². The summed E-state index contributed by atoms with van der Waals surface area (Å²) < 4.78 is 5.57. The highest BCUT2D eigenvalue weighted by molar-refractivity contribution is 5.93. The molecule has 1 unspecified atom stereocenters. The van der Waals surface area contributed by atoms with E-state index in [0.717, 1.165) is 50.6 Å². The maximum atomic E-state index is 12.4. The lowest BCUT2D eigenvalue weighted by atomic mass is 9.90. The number of anilines is 1. The van der Waals surface area contributed by atoms with Crippen molar-refractivity contribution in [3.8, 4) is 0 Å². The molecular formula is C23H29N3O2. The zero-order chi connectivity index (χ0) is 19.2. The van der Waals surface area contributed by atoms with Crippen LogP contribution in [0.3, 0.4) is 0 Å². The van der Waals surface area contributed by atoms with Crippen LogP contribution < -0.4 is 10.2 Å². The van der Waals surface area contributed by atoms with E-state index in [4.69, 9.17) is 4.74 Å². The van der Waals surface area contributed by atoms with Gasteiger partial charge in [-0.05, 0) is 55.7 Å². The third-order valence-electron chi connectivity index (χ3n) is 5.84. The van der Waals surface area contributed by atoms with Crippen LogP contribution >= 0.6 is 0 Å². The Hall–Kier alpha value is -2.40. The number of nitrogens with one attached hydrogen (secondary N) is 1. The molecule has 148 valence electrons. The molecule has 1 amide bonds. The van der Waals surface area contributed by atoms with Crippen LogP contribution in [-0.4, -0.2) is 43.2 Å². The fourth-order valence-corrected chi connectivity index (χ4v) is 4.19. The van der Waals surface area contributed by atoms with E-state index in [1.807, 2.05) is 12.1 Å². The summed E-state index contributed by atoms with van der Waals surface area (Å²) in [7, 11) is 0. The van der Waals surface area contributed by atoms with Crippen molar-refractivity contribution in [3.05, 3.63) is 59.9 Å². The minimum atomic E-state index is -0.115. The normalized spacial score (nSPS) is 20.3. The predicted octanol–water partition coefficient (Wildman–Crippen LogP) is 3.45. The second-order valence-corrected chi connectivity index (χ2v) is 7.86. The Labute approximate surface area is 167 Å². The fraction of sp³-hybridized carbons (Fsp3) is 0.478. The first kappa shape index (κ1) is 18.9. The van der Waals surface area contributed by atoms with E-state index in [1.165, 1.54) is 18.4 Å². The molecule has 2 aliphatic rings. The largest absolute Gasteiger partial charge is 0.376 e. The summed E-state index contributed by atoms with van der Waals surface area (Å²) in [4.78, 5) is 19.1. The predicted molar refractivity (Wildman–Crippen MR) is 111 cm³/mol. The van der Waals surface area contributed by atoms with Gasteiger partial charge in [0.05, 0.1) is 6.10 Å². The van der Waals surface area contributed by atoms with E-state index in [2.05, 4.69) is 45.5 Å². The summed E-state index contributed by atoms with van der Waals surface area (Å²) in [6.07, 6.45) is 7.50. The lowest BCUT2D eigenvalue weighted by Crippen LogP contribution is -2.35. The van der Waals surface area contributed by atoms with E-state index in [1.54, 1.807) is 6.20 Å². The van der Waals surface area contributed by atoms with Crippen molar-refractivity contribution in [2.75, 3.05) is 31.1 Å². The average molecular weight is 380 g/mol. The Morgan fingerprint density at radius 2 is 1.96 bits per heavy atom. The van der Waals surface area contributed by atoms with Gasteiger partial charge in [-0.1, -0.05) is 30.3 Å². The number of ether oxygens (including phenoxy) is 1. The Morgan fingerprint density at radius 3 is 2.71 bits per heavy atom. The molecular weight excluding hydrogens is 350 g/mol. The number of hydrogen-bond acceptors (Lipinski definition) is 4. The van der Waals surface area contributed by atoms with Crippen LogP contribution in [0.15, 0.2) is 48.7 Å². The van der Waals surface area contributed by atoms with Crippen LogP contribution in [0.4, 0.5) is 5.69 Å². The molecule has 4 rings (SSSR count). The van der Waals surface area contributed by atoms with E-state index in [0.29, 0.717) is 12.2 Å². The number of hydrogen-bond donors (Lipinski definition) is 1. The molecule has 1 aromatic carbocycles. The quantitative estimate of drug-likeness (QED) is 0.835. The Bertz CT molecular complexity index is 766. The SMILES string of the molecule is O=C(NCC1CCCO1)c1cc(N2CCC(Cc3ccccc3)CC2)ccn1. The monoisotopic (exact) mass is 379 g/mol. The first-order valence-corrected chi connectivity index (χ1v) is 10.4. The second-order valence-electron chi connectivity index (χ2n) is 7.86. The molecule has 2 aromatic rings. The lowest BCUT2D eigenvalue weighted by Gasteiger charge is -2.33. The van der Waals surface area contributed by atoms with Gasteiger partial charge in [0.2, 0.25) is 0 Å². The molecule has 2 fully saturated rings. The highest BCUT2D eigenvalue weighted by Crippen LogP contribution is 2.26. The summed E-state index contributed by atoms with van der Waals surface area (Å²) >= 11 is 0. The number of carbonyl (C=O) groups excluding carboxylic acids is 1. The van der Waals surface area contributed by atoms with Crippen molar-refractivity contribution >= 4 is 11.6 Å². The van der Waals surface area contributed by atoms with Crippen molar-refractivity contribution in [1.82, 2.24) is 10.3 Å². The van der Waals surface area contributed by atoms with Crippen LogP contribution in [0.2, 0.25) is 0 Å². The molecule has 1 aromatic heterocycles. The number of carbonyl (C=O) groups is 1. The smallest absolute Gasteiger partial charge is 0.270 e. The third-order valence-corrected chi connectivity index (χ3v) is 5.84. The molecule has 5 nitrogen and oxygen atoms in total. The summed E-state index contributed by atoms with van der Waals surface area (Å²) in [5.74, 6) is 0.617. The van der Waals surface area contributed by atoms with Crippen LogP contribution in [0.25, 0.3) is 0 Å². The molecule has 2 saturated heterocycles. The van der Waals surface area contributed by atoms with E-state index in [9.17, 15) is 4.79 Å². The maximum Gasteiger partial charge on any atom is 0.270 e. The van der Waals surface area contributed by atoms with Gasteiger partial charge in [0.15, 0.2) is 0 Å². The van der Waals surface area contributed by atoms with Gasteiger partial charge in [-0.25, -0.2) is 0 Å². The molecule has 0 bridgehead atoms. The summed E-state index contributed by atoms with van der Waals surface area (Å²) in [6.45, 7) is 3.42. The Kier molecular flexibility index (Phi) is 6.22. The summed E-state index contributed by atoms with van der Waals surface area (Å²) in [6, 6.07) is 14.7. The van der Waals surface area contributed by atoms with Crippen LogP contribution in [-0.2, 0) is 11.2 Å². The first-order valence-electron chi connectivity index (χ1n) is 10.4. The summed E-state index contributed by atoms with van der Waals surface area (Å²) in [5, 5.41) is 2.96. The van der Waals surface area contributed by atoms with E-state index < -0.39 is 0 Å². The van der Waals surface area contributed by atoms with Gasteiger partial charge < -0.3 is 15.0 Å². The fourth-order valence-electron chi connectivity index (χ4n) is 4.19. The van der Waals surface area contributed by atoms with Crippen LogP contribution in [0.1, 0.15) is 41.7 Å². The number of aromatic nitrogens is 1. The van der Waals surface area contributed by atoms with Crippen molar-refractivity contribution < 1.29 is 9.53 Å². The first-order chi connectivity index (χ1) is 13.8. The Morgan fingerprint density at radius 1 is 1.14 bits per heavy atom. The van der Waals surface area contributed by atoms with Crippen LogP contribution in [0.5, 0.6) is 0 Å². The molecule has 2 aliphatic heterocycles. The van der Waals surface area contributed by atoms with Gasteiger partial charge >= 0.3 is 0 Å². The molecule has 1 N–H and O–H groups in total. The number of pyridine rings is 1. The topological polar surface area (TPSA) is 54.5 Å². The maximum absolute atomic E-state index is 12.4. The van der Waals surface area contributed by atoms with Crippen molar-refractivity contribution in [2.24, 2.45) is 5.92 Å². The number of amides is 1. The number of rotatable bonds is 6. The lowest BCUT2D eigenvalue weighted by molar-refractivity contribution is 0.0853. The molecule has 0 saturated carbocycles. The van der Waals surface area contributed by atoms with Crippen LogP contribution in [0, 0.1) is 5.92 Å². The molecule has 5 heteroatoms. The molecule has 0 aliphatic carbocycles. The minimum Gasteiger partial charge on any atom is -0.376 e. The van der Waals surface area contributed by atoms with Gasteiger partial charge in [-0.15, -0.1) is 0 Å². The molecule has 1 atom stereocenters. The second kappa shape index (κ2) is 9.20. The molecule has 3 heterocycles. The van der Waals surface area contributed by atoms with Gasteiger partial charge in [0, 0.05) is 38.1 Å². The average Bonchev–Trinajstić information content (AvgIpc) is 3.27.